The molecule has 1 aliphatic carbocycles. The summed E-state index contributed by atoms with van der Waals surface area (Å²) in [6.07, 6.45) is 4.43. The lowest BCUT2D eigenvalue weighted by molar-refractivity contribution is -0.126. The van der Waals surface area contributed by atoms with Gasteiger partial charge < -0.3 is 11.1 Å². The van der Waals surface area contributed by atoms with Gasteiger partial charge in [0, 0.05) is 18.5 Å². The van der Waals surface area contributed by atoms with E-state index in [2.05, 4.69) is 26.1 Å². The highest BCUT2D eigenvalue weighted by Gasteiger charge is 2.32. The van der Waals surface area contributed by atoms with Crippen LogP contribution in [0, 0.1) is 17.3 Å². The van der Waals surface area contributed by atoms with Gasteiger partial charge >= 0.3 is 0 Å². The Labute approximate surface area is 106 Å². The van der Waals surface area contributed by atoms with Crippen LogP contribution in [0.25, 0.3) is 0 Å². The number of rotatable bonds is 3. The molecular weight excluding hydrogens is 212 g/mol. The van der Waals surface area contributed by atoms with E-state index in [4.69, 9.17) is 5.73 Å². The molecule has 0 bridgehead atoms. The van der Waals surface area contributed by atoms with Gasteiger partial charge in [-0.2, -0.15) is 0 Å². The summed E-state index contributed by atoms with van der Waals surface area (Å²) in [4.78, 5) is 11.9. The fourth-order valence-corrected chi connectivity index (χ4v) is 2.63. The second-order valence-corrected chi connectivity index (χ2v) is 6.64. The van der Waals surface area contributed by atoms with Crippen LogP contribution in [-0.4, -0.2) is 18.5 Å². The van der Waals surface area contributed by atoms with Crippen molar-refractivity contribution in [2.24, 2.45) is 23.0 Å². The first-order valence-electron chi connectivity index (χ1n) is 6.84. The van der Waals surface area contributed by atoms with E-state index < -0.39 is 0 Å². The molecule has 1 fully saturated rings. The highest BCUT2D eigenvalue weighted by molar-refractivity contribution is 5.78. The molecule has 0 aromatic heterocycles. The standard InChI is InChI=1S/C14H28N2O/c1-10(15)9-16-13(17)11-5-7-12(8-6-11)14(2,3)4/h10-12H,5-9,15H2,1-4H3,(H,16,17). The Morgan fingerprint density at radius 1 is 1.29 bits per heavy atom. The van der Waals surface area contributed by atoms with E-state index in [0.717, 1.165) is 18.8 Å². The second kappa shape index (κ2) is 5.85. The van der Waals surface area contributed by atoms with E-state index in [9.17, 15) is 4.79 Å². The Balaban J connectivity index is 2.34. The van der Waals surface area contributed by atoms with Gasteiger partial charge in [0.1, 0.15) is 0 Å². The van der Waals surface area contributed by atoms with Gasteiger partial charge in [-0.3, -0.25) is 4.79 Å². The summed E-state index contributed by atoms with van der Waals surface area (Å²) >= 11 is 0. The first-order valence-corrected chi connectivity index (χ1v) is 6.84. The van der Waals surface area contributed by atoms with Crippen LogP contribution in [0.5, 0.6) is 0 Å². The van der Waals surface area contributed by atoms with Crippen LogP contribution >= 0.6 is 0 Å². The summed E-state index contributed by atoms with van der Waals surface area (Å²) in [5.74, 6) is 1.18. The van der Waals surface area contributed by atoms with Gasteiger partial charge in [0.15, 0.2) is 0 Å². The molecule has 100 valence electrons. The average molecular weight is 240 g/mol. The Morgan fingerprint density at radius 2 is 1.82 bits per heavy atom. The van der Waals surface area contributed by atoms with Gasteiger partial charge in [0.05, 0.1) is 0 Å². The fraction of sp³-hybridized carbons (Fsp3) is 0.929. The normalized spacial score (nSPS) is 27.6. The smallest absolute Gasteiger partial charge is 0.223 e. The third-order valence-corrected chi connectivity index (χ3v) is 3.92. The number of carbonyl (C=O) groups is 1. The summed E-state index contributed by atoms with van der Waals surface area (Å²) in [5, 5.41) is 2.94. The minimum atomic E-state index is 0.0462. The Kier molecular flexibility index (Phi) is 4.99. The molecule has 0 saturated heterocycles. The van der Waals surface area contributed by atoms with Crippen molar-refractivity contribution in [3.05, 3.63) is 0 Å². The maximum atomic E-state index is 11.9. The SMILES string of the molecule is CC(N)CNC(=O)C1CCC(C(C)(C)C)CC1. The van der Waals surface area contributed by atoms with Crippen molar-refractivity contribution in [2.75, 3.05) is 6.54 Å². The van der Waals surface area contributed by atoms with E-state index in [0.29, 0.717) is 12.0 Å². The largest absolute Gasteiger partial charge is 0.354 e. The lowest BCUT2D eigenvalue weighted by Gasteiger charge is -2.36. The first kappa shape index (κ1) is 14.5. The van der Waals surface area contributed by atoms with Gasteiger partial charge in [-0.25, -0.2) is 0 Å². The molecule has 0 aromatic carbocycles. The zero-order valence-corrected chi connectivity index (χ0v) is 11.8. The van der Waals surface area contributed by atoms with Crippen molar-refractivity contribution in [3.8, 4) is 0 Å². The zero-order valence-electron chi connectivity index (χ0n) is 11.8. The number of hydrogen-bond acceptors (Lipinski definition) is 2. The highest BCUT2D eigenvalue weighted by atomic mass is 16.1. The molecule has 0 spiro atoms. The van der Waals surface area contributed by atoms with Crippen LogP contribution < -0.4 is 11.1 Å². The second-order valence-electron chi connectivity index (χ2n) is 6.64. The number of amides is 1. The molecule has 3 N–H and O–H groups in total. The third-order valence-electron chi connectivity index (χ3n) is 3.92. The zero-order chi connectivity index (χ0) is 13.1. The highest BCUT2D eigenvalue weighted by Crippen LogP contribution is 2.39. The average Bonchev–Trinajstić information content (AvgIpc) is 2.25. The van der Waals surface area contributed by atoms with E-state index in [1.165, 1.54) is 12.8 Å². The topological polar surface area (TPSA) is 55.1 Å². The molecule has 1 aliphatic rings. The summed E-state index contributed by atoms with van der Waals surface area (Å²) in [6.45, 7) is 9.41. The summed E-state index contributed by atoms with van der Waals surface area (Å²) < 4.78 is 0. The van der Waals surface area contributed by atoms with E-state index >= 15 is 0 Å². The molecule has 0 aromatic rings. The van der Waals surface area contributed by atoms with Crippen molar-refractivity contribution >= 4 is 5.91 Å². The Morgan fingerprint density at radius 3 is 2.24 bits per heavy atom. The minimum absolute atomic E-state index is 0.0462. The maximum Gasteiger partial charge on any atom is 0.223 e. The summed E-state index contributed by atoms with van der Waals surface area (Å²) in [5.41, 5.74) is 6.02. The maximum absolute atomic E-state index is 11.9. The van der Waals surface area contributed by atoms with Crippen molar-refractivity contribution in [1.29, 1.82) is 0 Å². The molecule has 1 rings (SSSR count). The van der Waals surface area contributed by atoms with Crippen LogP contribution in [-0.2, 0) is 4.79 Å². The lowest BCUT2D eigenvalue weighted by atomic mass is 9.69. The molecule has 3 heteroatoms. The summed E-state index contributed by atoms with van der Waals surface area (Å²) in [6, 6.07) is 0.0462. The number of nitrogens with one attached hydrogen (secondary N) is 1. The predicted molar refractivity (Wildman–Crippen MR) is 71.6 cm³/mol. The van der Waals surface area contributed by atoms with Crippen molar-refractivity contribution in [3.63, 3.8) is 0 Å². The van der Waals surface area contributed by atoms with Gasteiger partial charge in [-0.05, 0) is 43.9 Å². The number of hydrogen-bond donors (Lipinski definition) is 2. The van der Waals surface area contributed by atoms with Gasteiger partial charge in [0.25, 0.3) is 0 Å². The van der Waals surface area contributed by atoms with Gasteiger partial charge in [0.2, 0.25) is 5.91 Å². The van der Waals surface area contributed by atoms with E-state index in [-0.39, 0.29) is 17.9 Å². The third kappa shape index (κ3) is 4.66. The Hall–Kier alpha value is -0.570. The molecule has 3 nitrogen and oxygen atoms in total. The molecule has 1 amide bonds. The van der Waals surface area contributed by atoms with Crippen LogP contribution in [0.4, 0.5) is 0 Å². The van der Waals surface area contributed by atoms with Gasteiger partial charge in [-0.1, -0.05) is 20.8 Å². The molecule has 1 saturated carbocycles. The fourth-order valence-electron chi connectivity index (χ4n) is 2.63. The van der Waals surface area contributed by atoms with Crippen LogP contribution in [0.15, 0.2) is 0 Å². The minimum Gasteiger partial charge on any atom is -0.354 e. The van der Waals surface area contributed by atoms with Crippen molar-refractivity contribution in [1.82, 2.24) is 5.32 Å². The molecule has 1 atom stereocenters. The van der Waals surface area contributed by atoms with Crippen LogP contribution in [0.1, 0.15) is 53.4 Å². The molecule has 0 aliphatic heterocycles. The van der Waals surface area contributed by atoms with Crippen LogP contribution in [0.2, 0.25) is 0 Å². The molecule has 0 radical (unpaired) electrons. The monoisotopic (exact) mass is 240 g/mol. The number of carbonyl (C=O) groups excluding carboxylic acids is 1. The molecular formula is C14H28N2O. The van der Waals surface area contributed by atoms with Gasteiger partial charge in [-0.15, -0.1) is 0 Å². The first-order chi connectivity index (χ1) is 7.80. The molecule has 17 heavy (non-hydrogen) atoms. The van der Waals surface area contributed by atoms with E-state index in [1.807, 2.05) is 6.92 Å². The Bertz CT molecular complexity index is 247. The molecule has 0 heterocycles. The predicted octanol–water partition coefficient (Wildman–Crippen LogP) is 2.30. The molecule has 1 unspecified atom stereocenters. The van der Waals surface area contributed by atoms with E-state index in [1.54, 1.807) is 0 Å². The van der Waals surface area contributed by atoms with Crippen molar-refractivity contribution in [2.45, 2.75) is 59.4 Å². The number of nitrogens with two attached hydrogens (primary N) is 1. The quantitative estimate of drug-likeness (QED) is 0.795. The van der Waals surface area contributed by atoms with Crippen molar-refractivity contribution < 1.29 is 4.79 Å². The van der Waals surface area contributed by atoms with Crippen LogP contribution in [0.3, 0.4) is 0 Å². The lowest BCUT2D eigenvalue weighted by Crippen LogP contribution is -2.40. The summed E-state index contributed by atoms with van der Waals surface area (Å²) in [7, 11) is 0.